The van der Waals surface area contributed by atoms with Gasteiger partial charge in [-0.3, -0.25) is 9.48 Å². The third kappa shape index (κ3) is 2.82. The van der Waals surface area contributed by atoms with E-state index in [0.717, 1.165) is 18.4 Å². The summed E-state index contributed by atoms with van der Waals surface area (Å²) in [6.45, 7) is 2.60. The van der Waals surface area contributed by atoms with Crippen LogP contribution in [0.1, 0.15) is 25.3 Å². The Kier molecular flexibility index (Phi) is 3.49. The normalized spacial score (nSPS) is 17.2. The molecule has 1 heterocycles. The first-order valence-corrected chi connectivity index (χ1v) is 7.15. The van der Waals surface area contributed by atoms with Crippen molar-refractivity contribution in [3.63, 3.8) is 0 Å². The molecule has 1 aromatic carbocycles. The number of halogens is 1. The van der Waals surface area contributed by atoms with Crippen molar-refractivity contribution < 1.29 is 9.18 Å². The molecular formula is C16H18FN3O. The van der Waals surface area contributed by atoms with E-state index in [4.69, 9.17) is 0 Å². The molecule has 0 radical (unpaired) electrons. The lowest BCUT2D eigenvalue weighted by molar-refractivity contribution is -0.124. The molecule has 0 unspecified atom stereocenters. The number of hydrogen-bond acceptors (Lipinski definition) is 2. The van der Waals surface area contributed by atoms with Crippen molar-refractivity contribution in [2.75, 3.05) is 0 Å². The maximum atomic E-state index is 13.0. The summed E-state index contributed by atoms with van der Waals surface area (Å²) >= 11 is 0. The molecule has 1 N–H and O–H groups in total. The van der Waals surface area contributed by atoms with Crippen LogP contribution in [0.4, 0.5) is 4.39 Å². The minimum Gasteiger partial charge on any atom is -0.351 e. The van der Waals surface area contributed by atoms with Gasteiger partial charge in [-0.2, -0.15) is 5.10 Å². The summed E-state index contributed by atoms with van der Waals surface area (Å²) in [5.41, 5.74) is 0.430. The van der Waals surface area contributed by atoms with Gasteiger partial charge in [0.05, 0.1) is 12.0 Å². The van der Waals surface area contributed by atoms with Crippen molar-refractivity contribution in [3.05, 3.63) is 54.1 Å². The minimum absolute atomic E-state index is 0.00433. The van der Waals surface area contributed by atoms with E-state index in [0.29, 0.717) is 6.54 Å². The topological polar surface area (TPSA) is 46.9 Å². The minimum atomic E-state index is -0.466. The highest BCUT2D eigenvalue weighted by Gasteiger charge is 2.51. The van der Waals surface area contributed by atoms with Gasteiger partial charge in [-0.25, -0.2) is 4.39 Å². The van der Waals surface area contributed by atoms with Crippen molar-refractivity contribution in [3.8, 4) is 0 Å². The van der Waals surface area contributed by atoms with Crippen molar-refractivity contribution >= 4 is 5.91 Å². The Hall–Kier alpha value is -2.17. The Morgan fingerprint density at radius 1 is 1.43 bits per heavy atom. The molecule has 1 amide bonds. The molecule has 0 aliphatic heterocycles. The number of rotatable bonds is 5. The molecule has 2 aromatic rings. The van der Waals surface area contributed by atoms with Gasteiger partial charge >= 0.3 is 0 Å². The number of carbonyl (C=O) groups excluding carboxylic acids is 1. The molecule has 0 saturated heterocycles. The molecule has 0 bridgehead atoms. The van der Waals surface area contributed by atoms with Gasteiger partial charge in [0.1, 0.15) is 5.82 Å². The number of hydrogen-bond donors (Lipinski definition) is 1. The quantitative estimate of drug-likeness (QED) is 0.917. The van der Waals surface area contributed by atoms with E-state index in [1.54, 1.807) is 23.0 Å². The summed E-state index contributed by atoms with van der Waals surface area (Å²) < 4.78 is 14.8. The summed E-state index contributed by atoms with van der Waals surface area (Å²) in [5, 5.41) is 7.17. The highest BCUT2D eigenvalue weighted by atomic mass is 19.1. The van der Waals surface area contributed by atoms with Gasteiger partial charge in [-0.05, 0) is 43.5 Å². The zero-order valence-corrected chi connectivity index (χ0v) is 11.9. The van der Waals surface area contributed by atoms with Gasteiger partial charge in [0.2, 0.25) is 5.91 Å². The van der Waals surface area contributed by atoms with Crippen molar-refractivity contribution in [1.29, 1.82) is 0 Å². The zero-order valence-electron chi connectivity index (χ0n) is 11.9. The highest BCUT2D eigenvalue weighted by Crippen LogP contribution is 2.48. The van der Waals surface area contributed by atoms with Crippen LogP contribution in [0.3, 0.4) is 0 Å². The fourth-order valence-corrected chi connectivity index (χ4v) is 2.64. The molecule has 21 heavy (non-hydrogen) atoms. The van der Waals surface area contributed by atoms with Gasteiger partial charge in [-0.1, -0.05) is 12.1 Å². The maximum Gasteiger partial charge on any atom is 0.230 e. The summed E-state index contributed by atoms with van der Waals surface area (Å²) in [4.78, 5) is 12.5. The summed E-state index contributed by atoms with van der Waals surface area (Å²) in [6.07, 6.45) is 5.23. The molecule has 1 saturated carbocycles. The predicted molar refractivity (Wildman–Crippen MR) is 77.1 cm³/mol. The number of aromatic nitrogens is 2. The molecule has 1 aromatic heterocycles. The highest BCUT2D eigenvalue weighted by molar-refractivity contribution is 5.91. The second kappa shape index (κ2) is 5.31. The largest absolute Gasteiger partial charge is 0.351 e. The van der Waals surface area contributed by atoms with Gasteiger partial charge in [0.25, 0.3) is 0 Å². The fourth-order valence-electron chi connectivity index (χ4n) is 2.64. The fraction of sp³-hybridized carbons (Fsp3) is 0.375. The van der Waals surface area contributed by atoms with Crippen molar-refractivity contribution in [2.45, 2.75) is 37.8 Å². The van der Waals surface area contributed by atoms with E-state index in [1.165, 1.54) is 12.1 Å². The lowest BCUT2D eigenvalue weighted by atomic mass is 9.94. The van der Waals surface area contributed by atoms with Crippen LogP contribution < -0.4 is 5.32 Å². The standard InChI is InChI=1S/C16H18FN3O/c1-12(11-20-10-2-9-18-20)19-15(21)16(7-8-16)13-3-5-14(17)6-4-13/h2-6,9-10,12H,7-8,11H2,1H3,(H,19,21)/t12-/m1/s1. The first kappa shape index (κ1) is 13.8. The van der Waals surface area contributed by atoms with E-state index in [1.807, 2.05) is 19.2 Å². The SMILES string of the molecule is C[C@H](Cn1cccn1)NC(=O)C1(c2ccc(F)cc2)CC1. The van der Waals surface area contributed by atoms with Gasteiger partial charge in [0.15, 0.2) is 0 Å². The average Bonchev–Trinajstić information content (AvgIpc) is 3.12. The second-order valence-electron chi connectivity index (χ2n) is 5.69. The van der Waals surface area contributed by atoms with Gasteiger partial charge in [0, 0.05) is 18.4 Å². The molecule has 3 rings (SSSR count). The number of carbonyl (C=O) groups is 1. The van der Waals surface area contributed by atoms with E-state index in [9.17, 15) is 9.18 Å². The van der Waals surface area contributed by atoms with Crippen LogP contribution in [0.5, 0.6) is 0 Å². The monoisotopic (exact) mass is 287 g/mol. The Morgan fingerprint density at radius 2 is 2.14 bits per heavy atom. The van der Waals surface area contributed by atoms with Crippen LogP contribution in [0.2, 0.25) is 0 Å². The molecule has 0 spiro atoms. The maximum absolute atomic E-state index is 13.0. The Balaban J connectivity index is 1.66. The molecule has 5 heteroatoms. The van der Waals surface area contributed by atoms with Crippen LogP contribution in [0.25, 0.3) is 0 Å². The first-order chi connectivity index (χ1) is 10.1. The van der Waals surface area contributed by atoms with Crippen molar-refractivity contribution in [1.82, 2.24) is 15.1 Å². The first-order valence-electron chi connectivity index (χ1n) is 7.15. The van der Waals surface area contributed by atoms with E-state index >= 15 is 0 Å². The molecule has 1 fully saturated rings. The molecular weight excluding hydrogens is 269 g/mol. The van der Waals surface area contributed by atoms with E-state index in [2.05, 4.69) is 10.4 Å². The zero-order chi connectivity index (χ0) is 14.9. The third-order valence-electron chi connectivity index (χ3n) is 3.98. The number of amides is 1. The third-order valence-corrected chi connectivity index (χ3v) is 3.98. The van der Waals surface area contributed by atoms with Crippen LogP contribution in [0, 0.1) is 5.82 Å². The van der Waals surface area contributed by atoms with Crippen LogP contribution in [0.15, 0.2) is 42.7 Å². The lowest BCUT2D eigenvalue weighted by Gasteiger charge is -2.20. The average molecular weight is 287 g/mol. The smallest absolute Gasteiger partial charge is 0.230 e. The molecule has 4 nitrogen and oxygen atoms in total. The molecule has 1 atom stereocenters. The number of benzene rings is 1. The Labute approximate surface area is 123 Å². The Morgan fingerprint density at radius 3 is 2.71 bits per heavy atom. The molecule has 110 valence electrons. The molecule has 1 aliphatic carbocycles. The van der Waals surface area contributed by atoms with E-state index < -0.39 is 5.41 Å². The number of nitrogens with zero attached hydrogens (tertiary/aromatic N) is 2. The summed E-state index contributed by atoms with van der Waals surface area (Å²) in [7, 11) is 0. The van der Waals surface area contributed by atoms with Crippen LogP contribution in [-0.2, 0) is 16.8 Å². The number of nitrogens with one attached hydrogen (secondary N) is 1. The summed E-state index contributed by atoms with van der Waals surface area (Å²) in [5.74, 6) is -0.254. The second-order valence-corrected chi connectivity index (χ2v) is 5.69. The van der Waals surface area contributed by atoms with E-state index in [-0.39, 0.29) is 17.8 Å². The predicted octanol–water partition coefficient (Wildman–Crippen LogP) is 2.26. The van der Waals surface area contributed by atoms with Crippen LogP contribution in [-0.4, -0.2) is 21.7 Å². The molecule has 1 aliphatic rings. The van der Waals surface area contributed by atoms with Crippen molar-refractivity contribution in [2.24, 2.45) is 0 Å². The van der Waals surface area contributed by atoms with Crippen LogP contribution >= 0.6 is 0 Å². The lowest BCUT2D eigenvalue weighted by Crippen LogP contribution is -2.42. The summed E-state index contributed by atoms with van der Waals surface area (Å²) in [6, 6.07) is 8.09. The van der Waals surface area contributed by atoms with Gasteiger partial charge < -0.3 is 5.32 Å². The Bertz CT molecular complexity index is 617. The van der Waals surface area contributed by atoms with Gasteiger partial charge in [-0.15, -0.1) is 0 Å².